The van der Waals surface area contributed by atoms with Crippen molar-refractivity contribution in [3.8, 4) is 0 Å². The molecule has 3 heterocycles. The molecule has 2 aromatic rings. The number of aromatic nitrogens is 1. The second-order valence-corrected chi connectivity index (χ2v) is 7.41. The van der Waals surface area contributed by atoms with Crippen LogP contribution >= 0.6 is 15.9 Å². The summed E-state index contributed by atoms with van der Waals surface area (Å²) in [6, 6.07) is 11.1. The summed E-state index contributed by atoms with van der Waals surface area (Å²) < 4.78 is 0.671. The molecule has 0 bridgehead atoms. The molecule has 0 saturated carbocycles. The molecule has 2 amide bonds. The Morgan fingerprint density at radius 3 is 2.46 bits per heavy atom. The number of halogens is 1. The van der Waals surface area contributed by atoms with E-state index in [1.54, 1.807) is 6.07 Å². The standard InChI is InChI=1S/C19H16BrN3O3/c1-11-5-3-6-12(2)17(11)23-16(24)10-19(18(23)25)9-14(22-26-19)13-7-4-8-15(20)21-13/h3-8H,9-10H2,1-2H3. The quantitative estimate of drug-likeness (QED) is 0.559. The van der Waals surface area contributed by atoms with Crippen LogP contribution in [0.3, 0.4) is 0 Å². The number of hydrogen-bond acceptors (Lipinski definition) is 5. The van der Waals surface area contributed by atoms with E-state index in [0.717, 1.165) is 11.1 Å². The summed E-state index contributed by atoms with van der Waals surface area (Å²) in [5.41, 5.74) is 2.30. The van der Waals surface area contributed by atoms with Crippen LogP contribution in [-0.2, 0) is 14.4 Å². The summed E-state index contributed by atoms with van der Waals surface area (Å²) >= 11 is 3.33. The third-order valence-corrected chi connectivity index (χ3v) is 5.18. The van der Waals surface area contributed by atoms with Crippen LogP contribution in [0.4, 0.5) is 5.69 Å². The Bertz CT molecular complexity index is 952. The number of carbonyl (C=O) groups is 2. The first kappa shape index (κ1) is 16.9. The fraction of sp³-hybridized carbons (Fsp3) is 0.263. The van der Waals surface area contributed by atoms with Crippen molar-refractivity contribution in [1.29, 1.82) is 0 Å². The van der Waals surface area contributed by atoms with Gasteiger partial charge in [-0.2, -0.15) is 0 Å². The van der Waals surface area contributed by atoms with Crippen molar-refractivity contribution in [2.24, 2.45) is 5.16 Å². The van der Waals surface area contributed by atoms with Crippen LogP contribution < -0.4 is 4.90 Å². The van der Waals surface area contributed by atoms with E-state index < -0.39 is 5.60 Å². The normalized spacial score (nSPS) is 22.1. The van der Waals surface area contributed by atoms with Gasteiger partial charge in [0.1, 0.15) is 10.3 Å². The SMILES string of the molecule is Cc1cccc(C)c1N1C(=O)CC2(CC(c3cccc(Br)n3)=NO2)C1=O. The Kier molecular flexibility index (Phi) is 3.91. The average molecular weight is 414 g/mol. The van der Waals surface area contributed by atoms with Crippen molar-refractivity contribution >= 4 is 39.1 Å². The molecule has 2 aliphatic heterocycles. The first-order valence-corrected chi connectivity index (χ1v) is 9.02. The maximum absolute atomic E-state index is 13.2. The van der Waals surface area contributed by atoms with Crippen LogP contribution in [0, 0.1) is 13.8 Å². The topological polar surface area (TPSA) is 71.9 Å². The highest BCUT2D eigenvalue weighted by molar-refractivity contribution is 9.10. The number of aryl methyl sites for hydroxylation is 2. The zero-order valence-electron chi connectivity index (χ0n) is 14.3. The lowest BCUT2D eigenvalue weighted by Crippen LogP contribution is -2.41. The Balaban J connectivity index is 1.67. The number of amides is 2. The van der Waals surface area contributed by atoms with Gasteiger partial charge in [-0.3, -0.25) is 9.59 Å². The molecule has 0 N–H and O–H groups in total. The van der Waals surface area contributed by atoms with E-state index in [-0.39, 0.29) is 24.7 Å². The Morgan fingerprint density at radius 1 is 1.08 bits per heavy atom. The molecule has 4 rings (SSSR count). The Labute approximate surface area is 159 Å². The molecule has 0 radical (unpaired) electrons. The van der Waals surface area contributed by atoms with Gasteiger partial charge in [-0.25, -0.2) is 9.88 Å². The van der Waals surface area contributed by atoms with Gasteiger partial charge in [0, 0.05) is 6.42 Å². The monoisotopic (exact) mass is 413 g/mol. The number of rotatable bonds is 2. The molecule has 1 atom stereocenters. The summed E-state index contributed by atoms with van der Waals surface area (Å²) in [7, 11) is 0. The molecule has 1 spiro atoms. The maximum Gasteiger partial charge on any atom is 0.281 e. The molecule has 1 aromatic heterocycles. The van der Waals surface area contributed by atoms with Gasteiger partial charge in [-0.05, 0) is 53.0 Å². The molecule has 6 nitrogen and oxygen atoms in total. The Hall–Kier alpha value is -2.54. The van der Waals surface area contributed by atoms with E-state index >= 15 is 0 Å². The second-order valence-electron chi connectivity index (χ2n) is 6.60. The first-order valence-electron chi connectivity index (χ1n) is 8.23. The van der Waals surface area contributed by atoms with Crippen LogP contribution in [0.25, 0.3) is 0 Å². The van der Waals surface area contributed by atoms with Crippen molar-refractivity contribution < 1.29 is 14.4 Å². The number of imide groups is 1. The number of carbonyl (C=O) groups excluding carboxylic acids is 2. The van der Waals surface area contributed by atoms with E-state index in [2.05, 4.69) is 26.1 Å². The average Bonchev–Trinajstić information content (AvgIpc) is 3.12. The molecule has 1 aromatic carbocycles. The summed E-state index contributed by atoms with van der Waals surface area (Å²) in [6.07, 6.45) is 0.197. The molecule has 1 saturated heterocycles. The number of nitrogens with zero attached hydrogens (tertiary/aromatic N) is 3. The third kappa shape index (κ3) is 2.54. The van der Waals surface area contributed by atoms with Crippen LogP contribution in [0.15, 0.2) is 46.2 Å². The first-order chi connectivity index (χ1) is 12.4. The Morgan fingerprint density at radius 2 is 1.77 bits per heavy atom. The zero-order valence-corrected chi connectivity index (χ0v) is 15.9. The van der Waals surface area contributed by atoms with Gasteiger partial charge in [0.2, 0.25) is 11.5 Å². The highest BCUT2D eigenvalue weighted by Gasteiger charge is 2.58. The third-order valence-electron chi connectivity index (χ3n) is 4.74. The van der Waals surface area contributed by atoms with Gasteiger partial charge in [0.15, 0.2) is 0 Å². The van der Waals surface area contributed by atoms with Gasteiger partial charge >= 0.3 is 0 Å². The molecule has 132 valence electrons. The minimum Gasteiger partial charge on any atom is -0.378 e. The highest BCUT2D eigenvalue weighted by Crippen LogP contribution is 2.40. The fourth-order valence-electron chi connectivity index (χ4n) is 3.49. The molecular weight excluding hydrogens is 398 g/mol. The maximum atomic E-state index is 13.2. The van der Waals surface area contributed by atoms with Crippen molar-refractivity contribution in [2.45, 2.75) is 32.3 Å². The largest absolute Gasteiger partial charge is 0.378 e. The summed E-state index contributed by atoms with van der Waals surface area (Å²) in [4.78, 5) is 37.0. The molecule has 2 aliphatic rings. The predicted molar refractivity (Wildman–Crippen MR) is 99.9 cm³/mol. The van der Waals surface area contributed by atoms with Gasteiger partial charge in [-0.1, -0.05) is 29.4 Å². The van der Waals surface area contributed by atoms with Crippen molar-refractivity contribution in [3.63, 3.8) is 0 Å². The summed E-state index contributed by atoms with van der Waals surface area (Å²) in [6.45, 7) is 3.77. The lowest BCUT2D eigenvalue weighted by atomic mass is 9.94. The van der Waals surface area contributed by atoms with Gasteiger partial charge < -0.3 is 4.84 Å². The lowest BCUT2D eigenvalue weighted by Gasteiger charge is -2.22. The lowest BCUT2D eigenvalue weighted by molar-refractivity contribution is -0.136. The minimum absolute atomic E-state index is 0.0272. The van der Waals surface area contributed by atoms with E-state index in [0.29, 0.717) is 21.7 Å². The van der Waals surface area contributed by atoms with Crippen LogP contribution in [0.5, 0.6) is 0 Å². The van der Waals surface area contributed by atoms with E-state index in [4.69, 9.17) is 4.84 Å². The predicted octanol–water partition coefficient (Wildman–Crippen LogP) is 3.29. The zero-order chi connectivity index (χ0) is 18.5. The number of pyridine rings is 1. The number of hydrogen-bond donors (Lipinski definition) is 0. The number of oxime groups is 1. The van der Waals surface area contributed by atoms with Gasteiger partial charge in [0.05, 0.1) is 17.8 Å². The molecular formula is C19H16BrN3O3. The van der Waals surface area contributed by atoms with E-state index in [1.165, 1.54) is 4.90 Å². The number of para-hydroxylation sites is 1. The van der Waals surface area contributed by atoms with Crippen molar-refractivity contribution in [1.82, 2.24) is 4.98 Å². The van der Waals surface area contributed by atoms with Crippen LogP contribution in [0.2, 0.25) is 0 Å². The second kappa shape index (κ2) is 6.02. The number of anilines is 1. The molecule has 1 unspecified atom stereocenters. The van der Waals surface area contributed by atoms with Crippen molar-refractivity contribution in [3.05, 3.63) is 57.8 Å². The summed E-state index contributed by atoms with van der Waals surface area (Å²) in [5, 5.41) is 4.07. The minimum atomic E-state index is -1.27. The molecule has 0 aliphatic carbocycles. The van der Waals surface area contributed by atoms with E-state index in [1.807, 2.05) is 44.2 Å². The summed E-state index contributed by atoms with van der Waals surface area (Å²) in [5.74, 6) is -0.639. The fourth-order valence-corrected chi connectivity index (χ4v) is 3.84. The van der Waals surface area contributed by atoms with Crippen LogP contribution in [-0.4, -0.2) is 28.1 Å². The molecule has 7 heteroatoms. The van der Waals surface area contributed by atoms with E-state index in [9.17, 15) is 9.59 Å². The number of benzene rings is 1. The highest BCUT2D eigenvalue weighted by atomic mass is 79.9. The molecule has 26 heavy (non-hydrogen) atoms. The van der Waals surface area contributed by atoms with Gasteiger partial charge in [0.25, 0.3) is 5.91 Å². The van der Waals surface area contributed by atoms with Gasteiger partial charge in [-0.15, -0.1) is 0 Å². The molecule has 1 fully saturated rings. The smallest absolute Gasteiger partial charge is 0.281 e. The van der Waals surface area contributed by atoms with Crippen molar-refractivity contribution in [2.75, 3.05) is 4.90 Å². The van der Waals surface area contributed by atoms with Crippen LogP contribution in [0.1, 0.15) is 29.7 Å².